The molecule has 0 fully saturated rings. The van der Waals surface area contributed by atoms with E-state index in [0.29, 0.717) is 0 Å². The number of H-pyrrole nitrogens is 1. The number of fused-ring (bicyclic) bond motifs is 1. The number of nitrogens with one attached hydrogen (secondary N) is 1. The van der Waals surface area contributed by atoms with Crippen LogP contribution in [-0.2, 0) is 6.42 Å². The lowest BCUT2D eigenvalue weighted by atomic mass is 10.1. The van der Waals surface area contributed by atoms with Crippen LogP contribution in [0.1, 0.15) is 38.4 Å². The van der Waals surface area contributed by atoms with Crippen molar-refractivity contribution < 1.29 is 0 Å². The number of hydrogen-bond donors (Lipinski definition) is 1. The molecule has 17 heavy (non-hydrogen) atoms. The Labute approximate surface area is 104 Å². The minimum atomic E-state index is 0.723. The Bertz CT molecular complexity index is 517. The molecule has 0 unspecified atom stereocenters. The van der Waals surface area contributed by atoms with Crippen LogP contribution in [0.4, 0.5) is 0 Å². The van der Waals surface area contributed by atoms with E-state index >= 15 is 0 Å². The molecule has 1 N–H and O–H groups in total. The highest BCUT2D eigenvalue weighted by Gasteiger charge is 2.06. The van der Waals surface area contributed by atoms with Gasteiger partial charge in [0, 0.05) is 16.6 Å². The van der Waals surface area contributed by atoms with Gasteiger partial charge in [-0.25, -0.2) is 0 Å². The van der Waals surface area contributed by atoms with E-state index in [1.54, 1.807) is 0 Å². The molecule has 90 valence electrons. The van der Waals surface area contributed by atoms with Crippen LogP contribution in [-0.4, -0.2) is 4.98 Å². The number of aromatic nitrogens is 1. The monoisotopic (exact) mass is 227 g/mol. The summed E-state index contributed by atoms with van der Waals surface area (Å²) >= 11 is 0. The van der Waals surface area contributed by atoms with Crippen molar-refractivity contribution in [3.05, 3.63) is 41.6 Å². The van der Waals surface area contributed by atoms with Crippen LogP contribution in [0.3, 0.4) is 0 Å². The number of hydrogen-bond acceptors (Lipinski definition) is 0. The zero-order valence-electron chi connectivity index (χ0n) is 11.0. The van der Waals surface area contributed by atoms with Gasteiger partial charge in [-0.3, -0.25) is 0 Å². The molecule has 1 heterocycles. The van der Waals surface area contributed by atoms with E-state index in [1.807, 2.05) is 0 Å². The number of benzene rings is 1. The zero-order chi connectivity index (χ0) is 12.3. The maximum Gasteiger partial charge on any atom is 0.0461 e. The van der Waals surface area contributed by atoms with E-state index < -0.39 is 0 Å². The molecule has 0 atom stereocenters. The first kappa shape index (κ1) is 12.0. The Morgan fingerprint density at radius 2 is 2.00 bits per heavy atom. The summed E-state index contributed by atoms with van der Waals surface area (Å²) in [5, 5.41) is 1.36. The van der Waals surface area contributed by atoms with Crippen molar-refractivity contribution in [2.45, 2.75) is 33.6 Å². The van der Waals surface area contributed by atoms with E-state index in [2.05, 4.69) is 62.2 Å². The lowest BCUT2D eigenvalue weighted by Crippen LogP contribution is -1.84. The van der Waals surface area contributed by atoms with Crippen molar-refractivity contribution in [2.75, 3.05) is 0 Å². The van der Waals surface area contributed by atoms with Crippen LogP contribution in [0.5, 0.6) is 0 Å². The second-order valence-corrected chi connectivity index (χ2v) is 4.95. The van der Waals surface area contributed by atoms with Gasteiger partial charge in [0.2, 0.25) is 0 Å². The van der Waals surface area contributed by atoms with Gasteiger partial charge in [-0.05, 0) is 36.5 Å². The smallest absolute Gasteiger partial charge is 0.0461 e. The number of para-hydroxylation sites is 1. The number of allylic oxidation sites excluding steroid dienone is 1. The number of aromatic amines is 1. The summed E-state index contributed by atoms with van der Waals surface area (Å²) in [6.07, 6.45) is 6.72. The van der Waals surface area contributed by atoms with Crippen molar-refractivity contribution in [1.82, 2.24) is 4.98 Å². The van der Waals surface area contributed by atoms with Gasteiger partial charge in [-0.2, -0.15) is 0 Å². The van der Waals surface area contributed by atoms with E-state index in [-0.39, 0.29) is 0 Å². The maximum absolute atomic E-state index is 3.50. The highest BCUT2D eigenvalue weighted by molar-refractivity contribution is 5.87. The summed E-state index contributed by atoms with van der Waals surface area (Å²) in [5.74, 6) is 0.723. The van der Waals surface area contributed by atoms with Gasteiger partial charge in [0.1, 0.15) is 0 Å². The summed E-state index contributed by atoms with van der Waals surface area (Å²) in [6.45, 7) is 6.71. The molecule has 1 nitrogen and oxygen atoms in total. The molecular formula is C16H21N. The molecule has 2 rings (SSSR count). The second-order valence-electron chi connectivity index (χ2n) is 4.95. The van der Waals surface area contributed by atoms with Crippen molar-refractivity contribution in [3.63, 3.8) is 0 Å². The van der Waals surface area contributed by atoms with Crippen LogP contribution < -0.4 is 0 Å². The van der Waals surface area contributed by atoms with Crippen LogP contribution in [0.15, 0.2) is 30.3 Å². The molecule has 0 bridgehead atoms. The number of aryl methyl sites for hydroxylation is 1. The predicted molar refractivity (Wildman–Crippen MR) is 76.2 cm³/mol. The normalized spacial score (nSPS) is 12.0. The molecule has 0 spiro atoms. The van der Waals surface area contributed by atoms with Crippen LogP contribution >= 0.6 is 0 Å². The largest absolute Gasteiger partial charge is 0.355 e. The maximum atomic E-state index is 3.50. The van der Waals surface area contributed by atoms with Crippen molar-refractivity contribution >= 4 is 17.0 Å². The predicted octanol–water partition coefficient (Wildman–Crippen LogP) is 4.79. The van der Waals surface area contributed by atoms with Crippen LogP contribution in [0.2, 0.25) is 0 Å². The quantitative estimate of drug-likeness (QED) is 0.773. The third-order valence-corrected chi connectivity index (χ3v) is 3.09. The van der Waals surface area contributed by atoms with Crippen LogP contribution in [0.25, 0.3) is 17.0 Å². The Hall–Kier alpha value is -1.50. The molecule has 0 saturated carbocycles. The third kappa shape index (κ3) is 2.60. The van der Waals surface area contributed by atoms with Gasteiger partial charge in [-0.15, -0.1) is 0 Å². The molecule has 0 aliphatic rings. The molecular weight excluding hydrogens is 206 g/mol. The Morgan fingerprint density at radius 1 is 1.24 bits per heavy atom. The second kappa shape index (κ2) is 5.22. The van der Waals surface area contributed by atoms with Gasteiger partial charge < -0.3 is 4.98 Å². The third-order valence-electron chi connectivity index (χ3n) is 3.09. The van der Waals surface area contributed by atoms with Gasteiger partial charge >= 0.3 is 0 Å². The topological polar surface area (TPSA) is 15.8 Å². The Balaban J connectivity index is 2.36. The van der Waals surface area contributed by atoms with Gasteiger partial charge in [0.05, 0.1) is 0 Å². The van der Waals surface area contributed by atoms with E-state index in [9.17, 15) is 0 Å². The lowest BCUT2D eigenvalue weighted by molar-refractivity contribution is 0.665. The minimum absolute atomic E-state index is 0.723. The summed E-state index contributed by atoms with van der Waals surface area (Å²) in [7, 11) is 0. The fourth-order valence-corrected chi connectivity index (χ4v) is 2.20. The first-order valence-corrected chi connectivity index (χ1v) is 6.48. The van der Waals surface area contributed by atoms with E-state index in [0.717, 1.165) is 18.8 Å². The lowest BCUT2D eigenvalue weighted by Gasteiger charge is -1.98. The highest BCUT2D eigenvalue weighted by Crippen LogP contribution is 2.24. The van der Waals surface area contributed by atoms with E-state index in [4.69, 9.17) is 0 Å². The average molecular weight is 227 g/mol. The molecule has 0 radical (unpaired) electrons. The standard InChI is InChI=1S/C16H21N/c1-4-13-14-9-5-6-10-16(14)17-15(13)11-7-8-12(2)3/h5-7,9-12,17H,4,8H2,1-3H3/b11-7+. The minimum Gasteiger partial charge on any atom is -0.355 e. The zero-order valence-corrected chi connectivity index (χ0v) is 11.0. The summed E-state index contributed by atoms with van der Waals surface area (Å²) in [6, 6.07) is 8.54. The molecule has 1 aromatic carbocycles. The van der Waals surface area contributed by atoms with Crippen molar-refractivity contribution in [3.8, 4) is 0 Å². The van der Waals surface area contributed by atoms with Gasteiger partial charge in [0.25, 0.3) is 0 Å². The SMILES string of the molecule is CCc1c(/C=C/CC(C)C)[nH]c2ccccc12. The molecule has 1 aromatic heterocycles. The van der Waals surface area contributed by atoms with Gasteiger partial charge in [0.15, 0.2) is 0 Å². The molecule has 0 aliphatic carbocycles. The summed E-state index contributed by atoms with van der Waals surface area (Å²) < 4.78 is 0. The molecule has 1 heteroatoms. The molecule has 2 aromatic rings. The summed E-state index contributed by atoms with van der Waals surface area (Å²) in [5.41, 5.74) is 3.95. The molecule has 0 aliphatic heterocycles. The van der Waals surface area contributed by atoms with E-state index in [1.165, 1.54) is 22.2 Å². The fourth-order valence-electron chi connectivity index (χ4n) is 2.20. The average Bonchev–Trinajstić information content (AvgIpc) is 2.66. The van der Waals surface area contributed by atoms with Crippen LogP contribution in [0, 0.1) is 5.92 Å². The number of rotatable bonds is 4. The molecule has 0 saturated heterocycles. The van der Waals surface area contributed by atoms with Crippen molar-refractivity contribution in [2.24, 2.45) is 5.92 Å². The van der Waals surface area contributed by atoms with Crippen molar-refractivity contribution in [1.29, 1.82) is 0 Å². The molecule has 0 amide bonds. The van der Waals surface area contributed by atoms with Gasteiger partial charge in [-0.1, -0.05) is 45.0 Å². The Kier molecular flexibility index (Phi) is 3.68. The summed E-state index contributed by atoms with van der Waals surface area (Å²) in [4.78, 5) is 3.50. The first-order chi connectivity index (χ1) is 8.22. The Morgan fingerprint density at radius 3 is 2.71 bits per heavy atom. The fraction of sp³-hybridized carbons (Fsp3) is 0.375. The highest BCUT2D eigenvalue weighted by atomic mass is 14.7. The first-order valence-electron chi connectivity index (χ1n) is 6.48.